The van der Waals surface area contributed by atoms with Crippen molar-refractivity contribution < 1.29 is 19.1 Å². The van der Waals surface area contributed by atoms with E-state index in [4.69, 9.17) is 32.7 Å². The highest BCUT2D eigenvalue weighted by atomic mass is 35.5. The molecule has 0 fully saturated rings. The van der Waals surface area contributed by atoms with Gasteiger partial charge in [0.25, 0.3) is 11.8 Å². The van der Waals surface area contributed by atoms with Crippen LogP contribution in [0.2, 0.25) is 0 Å². The van der Waals surface area contributed by atoms with Gasteiger partial charge in [0.2, 0.25) is 0 Å². The number of rotatable bonds is 12. The maximum atomic E-state index is 12.1. The molecule has 142 valence electrons. The topological polar surface area (TPSA) is 80.8 Å². The molecule has 0 spiro atoms. The number of methoxy groups -OCH3 is 2. The fourth-order valence-electron chi connectivity index (χ4n) is 1.96. The quantitative estimate of drug-likeness (QED) is 0.420. The van der Waals surface area contributed by atoms with Gasteiger partial charge in [-0.3, -0.25) is 9.59 Å². The third-order valence-corrected chi connectivity index (χ3v) is 4.40. The molecule has 0 aliphatic rings. The second kappa shape index (κ2) is 12.4. The van der Waals surface area contributed by atoms with E-state index in [9.17, 15) is 9.59 Å². The number of nitrogens with zero attached hydrogens (tertiary/aromatic N) is 2. The van der Waals surface area contributed by atoms with Crippen molar-refractivity contribution >= 4 is 46.4 Å². The fourth-order valence-corrected chi connectivity index (χ4v) is 3.03. The van der Waals surface area contributed by atoms with Crippen LogP contribution in [0.15, 0.2) is 5.38 Å². The molecular formula is C15H23Cl2N3O4S. The van der Waals surface area contributed by atoms with Gasteiger partial charge in [0.05, 0.1) is 6.54 Å². The zero-order chi connectivity index (χ0) is 18.7. The highest BCUT2D eigenvalue weighted by molar-refractivity contribution is 7.09. The number of halogens is 2. The first-order valence-corrected chi connectivity index (χ1v) is 9.52. The largest absolute Gasteiger partial charge is 0.385 e. The van der Waals surface area contributed by atoms with E-state index in [-0.39, 0.29) is 18.4 Å². The summed E-state index contributed by atoms with van der Waals surface area (Å²) in [4.78, 5) is 28.8. The van der Waals surface area contributed by atoms with Crippen LogP contribution in [-0.4, -0.2) is 67.1 Å². The van der Waals surface area contributed by atoms with Crippen molar-refractivity contribution in [2.75, 3.05) is 40.5 Å². The predicted octanol–water partition coefficient (Wildman–Crippen LogP) is 2.08. The number of hydrogen-bond donors (Lipinski definition) is 1. The molecule has 1 aromatic heterocycles. The SMILES string of the molecule is COCCCNC(=O)c1csc(CN(CCCOC)C(=O)C(Cl)Cl)n1. The maximum absolute atomic E-state index is 12.1. The van der Waals surface area contributed by atoms with Crippen LogP contribution < -0.4 is 5.32 Å². The molecule has 2 amide bonds. The molecule has 1 N–H and O–H groups in total. The zero-order valence-electron chi connectivity index (χ0n) is 14.3. The van der Waals surface area contributed by atoms with Crippen molar-refractivity contribution in [3.8, 4) is 0 Å². The van der Waals surface area contributed by atoms with Gasteiger partial charge in [0.1, 0.15) is 10.7 Å². The summed E-state index contributed by atoms with van der Waals surface area (Å²) < 4.78 is 9.92. The van der Waals surface area contributed by atoms with E-state index in [2.05, 4.69) is 10.3 Å². The normalized spacial score (nSPS) is 10.9. The fraction of sp³-hybridized carbons (Fsp3) is 0.667. The molecule has 0 aromatic carbocycles. The van der Waals surface area contributed by atoms with Crippen molar-refractivity contribution in [3.05, 3.63) is 16.1 Å². The number of thiazole rings is 1. The number of carbonyl (C=O) groups is 2. The summed E-state index contributed by atoms with van der Waals surface area (Å²) in [5, 5.41) is 5.07. The molecule has 10 heteroatoms. The average Bonchev–Trinajstić information content (AvgIpc) is 3.05. The molecule has 0 saturated carbocycles. The van der Waals surface area contributed by atoms with Gasteiger partial charge in [-0.25, -0.2) is 4.98 Å². The smallest absolute Gasteiger partial charge is 0.270 e. The molecular weight excluding hydrogens is 389 g/mol. The van der Waals surface area contributed by atoms with E-state index in [1.165, 1.54) is 16.2 Å². The second-order valence-corrected chi connectivity index (χ2v) is 7.17. The van der Waals surface area contributed by atoms with Crippen LogP contribution in [0.4, 0.5) is 0 Å². The van der Waals surface area contributed by atoms with Gasteiger partial charge in [-0.2, -0.15) is 0 Å². The van der Waals surface area contributed by atoms with Crippen molar-refractivity contribution in [3.63, 3.8) is 0 Å². The van der Waals surface area contributed by atoms with Crippen molar-refractivity contribution in [2.45, 2.75) is 24.2 Å². The second-order valence-electron chi connectivity index (χ2n) is 5.14. The minimum absolute atomic E-state index is 0.247. The van der Waals surface area contributed by atoms with E-state index in [0.29, 0.717) is 43.4 Å². The summed E-state index contributed by atoms with van der Waals surface area (Å²) in [7, 11) is 3.21. The number of alkyl halides is 2. The number of carbonyl (C=O) groups excluding carboxylic acids is 2. The van der Waals surface area contributed by atoms with Crippen LogP contribution in [0, 0.1) is 0 Å². The molecule has 0 unspecified atom stereocenters. The van der Waals surface area contributed by atoms with E-state index in [0.717, 1.165) is 6.42 Å². The summed E-state index contributed by atoms with van der Waals surface area (Å²) in [6.07, 6.45) is 1.38. The summed E-state index contributed by atoms with van der Waals surface area (Å²) in [5.74, 6) is -0.636. The number of amides is 2. The third-order valence-electron chi connectivity index (χ3n) is 3.20. The summed E-state index contributed by atoms with van der Waals surface area (Å²) in [6.45, 7) is 2.31. The van der Waals surface area contributed by atoms with Crippen LogP contribution >= 0.6 is 34.5 Å². The Balaban J connectivity index is 2.61. The van der Waals surface area contributed by atoms with Gasteiger partial charge < -0.3 is 19.7 Å². The highest BCUT2D eigenvalue weighted by Gasteiger charge is 2.22. The Kier molecular flexibility index (Phi) is 11.0. The minimum atomic E-state index is -1.13. The van der Waals surface area contributed by atoms with E-state index in [1.807, 2.05) is 0 Å². The number of nitrogens with one attached hydrogen (secondary N) is 1. The van der Waals surface area contributed by atoms with Gasteiger partial charge in [-0.15, -0.1) is 11.3 Å². The highest BCUT2D eigenvalue weighted by Crippen LogP contribution is 2.16. The van der Waals surface area contributed by atoms with Gasteiger partial charge in [-0.1, -0.05) is 23.2 Å². The molecule has 0 saturated heterocycles. The maximum Gasteiger partial charge on any atom is 0.270 e. The first-order chi connectivity index (χ1) is 12.0. The Hall–Kier alpha value is -0.930. The molecule has 0 aliphatic heterocycles. The Morgan fingerprint density at radius 1 is 1.28 bits per heavy atom. The monoisotopic (exact) mass is 411 g/mol. The van der Waals surface area contributed by atoms with Crippen molar-refractivity contribution in [1.82, 2.24) is 15.2 Å². The lowest BCUT2D eigenvalue weighted by Crippen LogP contribution is -2.35. The summed E-state index contributed by atoms with van der Waals surface area (Å²) in [5.41, 5.74) is 0.329. The Bertz CT molecular complexity index is 543. The molecule has 0 aliphatic carbocycles. The van der Waals surface area contributed by atoms with Gasteiger partial charge in [0, 0.05) is 45.9 Å². The van der Waals surface area contributed by atoms with Gasteiger partial charge in [0.15, 0.2) is 4.84 Å². The Labute approximate surface area is 161 Å². The number of hydrogen-bond acceptors (Lipinski definition) is 6. The van der Waals surface area contributed by atoms with Crippen LogP contribution in [0.25, 0.3) is 0 Å². The minimum Gasteiger partial charge on any atom is -0.385 e. The first-order valence-electron chi connectivity index (χ1n) is 7.77. The molecule has 0 atom stereocenters. The van der Waals surface area contributed by atoms with E-state index in [1.54, 1.807) is 19.6 Å². The van der Waals surface area contributed by atoms with Crippen LogP contribution in [0.1, 0.15) is 28.3 Å². The van der Waals surface area contributed by atoms with Crippen LogP contribution in [0.5, 0.6) is 0 Å². The van der Waals surface area contributed by atoms with Crippen molar-refractivity contribution in [1.29, 1.82) is 0 Å². The summed E-state index contributed by atoms with van der Waals surface area (Å²) in [6, 6.07) is 0. The molecule has 0 radical (unpaired) electrons. The lowest BCUT2D eigenvalue weighted by Gasteiger charge is -2.22. The van der Waals surface area contributed by atoms with Crippen LogP contribution in [0.3, 0.4) is 0 Å². The van der Waals surface area contributed by atoms with E-state index >= 15 is 0 Å². The Morgan fingerprint density at radius 3 is 2.60 bits per heavy atom. The average molecular weight is 412 g/mol. The zero-order valence-corrected chi connectivity index (χ0v) is 16.6. The Morgan fingerprint density at radius 2 is 1.96 bits per heavy atom. The van der Waals surface area contributed by atoms with Gasteiger partial charge in [-0.05, 0) is 12.8 Å². The summed E-state index contributed by atoms with van der Waals surface area (Å²) >= 11 is 12.7. The van der Waals surface area contributed by atoms with Gasteiger partial charge >= 0.3 is 0 Å². The van der Waals surface area contributed by atoms with Crippen molar-refractivity contribution in [2.24, 2.45) is 0 Å². The predicted molar refractivity (Wildman–Crippen MR) is 98.3 cm³/mol. The van der Waals surface area contributed by atoms with Crippen LogP contribution in [-0.2, 0) is 20.8 Å². The molecule has 1 aromatic rings. The molecule has 1 heterocycles. The molecule has 25 heavy (non-hydrogen) atoms. The molecule has 7 nitrogen and oxygen atoms in total. The third kappa shape index (κ3) is 8.33. The van der Waals surface area contributed by atoms with E-state index < -0.39 is 4.84 Å². The lowest BCUT2D eigenvalue weighted by atomic mass is 10.3. The number of aromatic nitrogens is 1. The lowest BCUT2D eigenvalue weighted by molar-refractivity contribution is -0.130. The molecule has 1 rings (SSSR count). The molecule has 0 bridgehead atoms. The first kappa shape index (κ1) is 22.1. The standard InChI is InChI=1S/C15H23Cl2N3O4S/c1-23-7-3-5-18-14(21)11-10-25-12(19-11)9-20(6-4-8-24-2)15(22)13(16)17/h10,13H,3-9H2,1-2H3,(H,18,21). The number of ether oxygens (including phenoxy) is 2.